The highest BCUT2D eigenvalue weighted by Gasteiger charge is 2.62. The fourth-order valence-electron chi connectivity index (χ4n) is 2.58. The molecule has 0 atom stereocenters. The summed E-state index contributed by atoms with van der Waals surface area (Å²) >= 11 is 0. The fourth-order valence-corrected chi connectivity index (χ4v) is 2.58. The van der Waals surface area contributed by atoms with Gasteiger partial charge in [-0.15, -0.1) is 0 Å². The Labute approximate surface area is 89.0 Å². The van der Waals surface area contributed by atoms with Crippen molar-refractivity contribution in [3.63, 3.8) is 0 Å². The summed E-state index contributed by atoms with van der Waals surface area (Å²) in [5.74, 6) is -3.22. The molecule has 2 aliphatic heterocycles. The molecule has 0 aromatic heterocycles. The topological polar surface area (TPSA) is 57.6 Å². The van der Waals surface area contributed by atoms with Crippen molar-refractivity contribution in [1.82, 2.24) is 4.90 Å². The van der Waals surface area contributed by atoms with E-state index in [0.29, 0.717) is 11.3 Å². The molecule has 90 valence electrons. The molecule has 0 spiro atoms. The molecule has 0 radical (unpaired) electrons. The standard InChI is InChI=1S/C9H10F3NO3/c10-9(11,12)6(14)13-2-1-5-3-8(13,4-5)7(15)16/h5H,1-4H2,(H,15,16). The van der Waals surface area contributed by atoms with Crippen LogP contribution in [0, 0.1) is 5.92 Å². The Morgan fingerprint density at radius 3 is 2.31 bits per heavy atom. The van der Waals surface area contributed by atoms with Crippen LogP contribution in [-0.4, -0.2) is 40.1 Å². The third-order valence-corrected chi connectivity index (χ3v) is 3.42. The number of alkyl halides is 3. The first-order chi connectivity index (χ1) is 7.27. The van der Waals surface area contributed by atoms with Gasteiger partial charge in [-0.1, -0.05) is 0 Å². The second kappa shape index (κ2) is 3.11. The molecule has 3 aliphatic rings. The van der Waals surface area contributed by atoms with E-state index in [-0.39, 0.29) is 25.3 Å². The largest absolute Gasteiger partial charge is 0.479 e. The van der Waals surface area contributed by atoms with E-state index >= 15 is 0 Å². The molecule has 0 aromatic carbocycles. The SMILES string of the molecule is O=C(N1CCC2CC1(C(=O)O)C2)C(F)(F)F. The number of carbonyl (C=O) groups excluding carboxylic acids is 1. The monoisotopic (exact) mass is 237 g/mol. The lowest BCUT2D eigenvalue weighted by atomic mass is 9.62. The Kier molecular flexibility index (Phi) is 2.18. The van der Waals surface area contributed by atoms with Gasteiger partial charge in [-0.3, -0.25) is 4.79 Å². The van der Waals surface area contributed by atoms with Gasteiger partial charge in [0.05, 0.1) is 0 Å². The summed E-state index contributed by atoms with van der Waals surface area (Å²) in [7, 11) is 0. The van der Waals surface area contributed by atoms with Crippen molar-refractivity contribution in [1.29, 1.82) is 0 Å². The van der Waals surface area contributed by atoms with Crippen LogP contribution in [0.25, 0.3) is 0 Å². The second-order valence-electron chi connectivity index (χ2n) is 4.35. The van der Waals surface area contributed by atoms with Crippen LogP contribution in [0.5, 0.6) is 0 Å². The van der Waals surface area contributed by atoms with Crippen LogP contribution in [0.3, 0.4) is 0 Å². The van der Waals surface area contributed by atoms with Gasteiger partial charge in [-0.25, -0.2) is 4.79 Å². The smallest absolute Gasteiger partial charge is 0.471 e. The summed E-state index contributed by atoms with van der Waals surface area (Å²) in [6.45, 7) is -0.116. The molecule has 3 rings (SSSR count). The molecule has 3 fully saturated rings. The number of aliphatic carboxylic acids is 1. The summed E-state index contributed by atoms with van der Waals surface area (Å²) < 4.78 is 36.8. The Balaban J connectivity index is 2.26. The lowest BCUT2D eigenvalue weighted by Gasteiger charge is -2.56. The first-order valence-electron chi connectivity index (χ1n) is 4.89. The highest BCUT2D eigenvalue weighted by atomic mass is 19.4. The van der Waals surface area contributed by atoms with Crippen molar-refractivity contribution in [3.8, 4) is 0 Å². The molecular weight excluding hydrogens is 227 g/mol. The molecule has 2 saturated heterocycles. The van der Waals surface area contributed by atoms with E-state index in [9.17, 15) is 22.8 Å². The number of rotatable bonds is 1. The number of amides is 1. The number of nitrogens with zero attached hydrogens (tertiary/aromatic N) is 1. The highest BCUT2D eigenvalue weighted by molar-refractivity contribution is 5.91. The molecule has 1 N–H and O–H groups in total. The molecule has 4 nitrogen and oxygen atoms in total. The van der Waals surface area contributed by atoms with Gasteiger partial charge >= 0.3 is 18.1 Å². The summed E-state index contributed by atoms with van der Waals surface area (Å²) in [5, 5.41) is 8.96. The molecule has 2 bridgehead atoms. The van der Waals surface area contributed by atoms with Crippen LogP contribution >= 0.6 is 0 Å². The Bertz CT molecular complexity index is 346. The summed E-state index contributed by atoms with van der Waals surface area (Å²) in [4.78, 5) is 22.6. The molecule has 2 heterocycles. The first kappa shape index (κ1) is 11.2. The van der Waals surface area contributed by atoms with E-state index in [4.69, 9.17) is 5.11 Å². The van der Waals surface area contributed by atoms with Crippen molar-refractivity contribution in [2.45, 2.75) is 31.0 Å². The predicted molar refractivity (Wildman–Crippen MR) is 45.5 cm³/mol. The minimum Gasteiger partial charge on any atom is -0.479 e. The van der Waals surface area contributed by atoms with Gasteiger partial charge in [0.25, 0.3) is 0 Å². The minimum absolute atomic E-state index is 0.116. The van der Waals surface area contributed by atoms with Gasteiger partial charge in [-0.2, -0.15) is 13.2 Å². The lowest BCUT2D eigenvalue weighted by molar-refractivity contribution is -0.208. The van der Waals surface area contributed by atoms with Crippen molar-refractivity contribution < 1.29 is 27.9 Å². The Hall–Kier alpha value is -1.27. The summed E-state index contributed by atoms with van der Waals surface area (Å²) in [6.07, 6.45) is -4.25. The van der Waals surface area contributed by atoms with Crippen molar-refractivity contribution in [3.05, 3.63) is 0 Å². The Morgan fingerprint density at radius 2 is 1.88 bits per heavy atom. The summed E-state index contributed by atoms with van der Waals surface area (Å²) in [5.41, 5.74) is -1.60. The zero-order valence-electron chi connectivity index (χ0n) is 8.25. The zero-order valence-corrected chi connectivity index (χ0v) is 8.25. The maximum Gasteiger partial charge on any atom is 0.471 e. The predicted octanol–water partition coefficient (Wildman–Crippen LogP) is 1.01. The number of hydrogen-bond acceptors (Lipinski definition) is 2. The Morgan fingerprint density at radius 1 is 1.31 bits per heavy atom. The van der Waals surface area contributed by atoms with E-state index in [1.165, 1.54) is 0 Å². The average Bonchev–Trinajstić information content (AvgIpc) is 2.13. The van der Waals surface area contributed by atoms with Crippen LogP contribution in [0.4, 0.5) is 13.2 Å². The van der Waals surface area contributed by atoms with Crippen LogP contribution in [0.2, 0.25) is 0 Å². The third-order valence-electron chi connectivity index (χ3n) is 3.42. The van der Waals surface area contributed by atoms with E-state index in [1.807, 2.05) is 0 Å². The zero-order chi connectivity index (χ0) is 12.1. The first-order valence-corrected chi connectivity index (χ1v) is 4.89. The van der Waals surface area contributed by atoms with Crippen LogP contribution in [-0.2, 0) is 9.59 Å². The number of hydrogen-bond donors (Lipinski definition) is 1. The third kappa shape index (κ3) is 1.37. The fraction of sp³-hybridized carbons (Fsp3) is 0.778. The van der Waals surface area contributed by atoms with Gasteiger partial charge in [0.2, 0.25) is 0 Å². The quantitative estimate of drug-likeness (QED) is 0.740. The van der Waals surface area contributed by atoms with Gasteiger partial charge in [0, 0.05) is 6.54 Å². The normalized spacial score (nSPS) is 33.2. The number of halogens is 3. The van der Waals surface area contributed by atoms with Gasteiger partial charge in [0.15, 0.2) is 0 Å². The van der Waals surface area contributed by atoms with Crippen LogP contribution in [0.1, 0.15) is 19.3 Å². The highest BCUT2D eigenvalue weighted by Crippen LogP contribution is 2.49. The van der Waals surface area contributed by atoms with Gasteiger partial charge < -0.3 is 10.0 Å². The summed E-state index contributed by atoms with van der Waals surface area (Å²) in [6, 6.07) is 0. The van der Waals surface area contributed by atoms with Gasteiger partial charge in [0.1, 0.15) is 5.54 Å². The minimum atomic E-state index is -5.00. The maximum absolute atomic E-state index is 12.3. The molecule has 7 heteroatoms. The van der Waals surface area contributed by atoms with E-state index < -0.39 is 23.6 Å². The number of piperidine rings is 2. The molecule has 1 amide bonds. The molecule has 16 heavy (non-hydrogen) atoms. The number of fused-ring (bicyclic) bond motifs is 2. The molecule has 0 aromatic rings. The van der Waals surface area contributed by atoms with E-state index in [0.717, 1.165) is 0 Å². The second-order valence-corrected chi connectivity index (χ2v) is 4.35. The average molecular weight is 237 g/mol. The number of carbonyl (C=O) groups is 2. The van der Waals surface area contributed by atoms with Crippen LogP contribution < -0.4 is 0 Å². The maximum atomic E-state index is 12.3. The lowest BCUT2D eigenvalue weighted by Crippen LogP contribution is -2.69. The van der Waals surface area contributed by atoms with E-state index in [2.05, 4.69) is 0 Å². The molecular formula is C9H10F3NO3. The van der Waals surface area contributed by atoms with Gasteiger partial charge in [-0.05, 0) is 25.2 Å². The van der Waals surface area contributed by atoms with E-state index in [1.54, 1.807) is 0 Å². The molecule has 1 aliphatic carbocycles. The molecule has 1 saturated carbocycles. The van der Waals surface area contributed by atoms with Crippen molar-refractivity contribution in [2.75, 3.05) is 6.54 Å². The molecule has 0 unspecified atom stereocenters. The number of carboxylic acid groups (broad SMARTS) is 1. The van der Waals surface area contributed by atoms with Crippen molar-refractivity contribution in [2.24, 2.45) is 5.92 Å². The van der Waals surface area contributed by atoms with Crippen LogP contribution in [0.15, 0.2) is 0 Å². The number of carboxylic acids is 1. The van der Waals surface area contributed by atoms with Crippen molar-refractivity contribution >= 4 is 11.9 Å².